The van der Waals surface area contributed by atoms with Crippen molar-refractivity contribution in [1.82, 2.24) is 19.1 Å². The largest absolute Gasteiger partial charge is 0.383 e. The van der Waals surface area contributed by atoms with Gasteiger partial charge in [-0.15, -0.1) is 10.2 Å². The summed E-state index contributed by atoms with van der Waals surface area (Å²) in [6, 6.07) is 6.92. The van der Waals surface area contributed by atoms with Crippen LogP contribution in [0, 0.1) is 0 Å². The molecule has 0 bridgehead atoms. The van der Waals surface area contributed by atoms with E-state index in [1.54, 1.807) is 37.1 Å². The molecular weight excluding hydrogens is 420 g/mol. The minimum absolute atomic E-state index is 0.00255. The van der Waals surface area contributed by atoms with Gasteiger partial charge in [0.1, 0.15) is 0 Å². The second-order valence-corrected chi connectivity index (χ2v) is 10.1. The molecule has 1 atom stereocenters. The van der Waals surface area contributed by atoms with Gasteiger partial charge in [0.15, 0.2) is 11.0 Å². The molecule has 1 aromatic carbocycles. The van der Waals surface area contributed by atoms with E-state index in [0.717, 1.165) is 10.9 Å². The highest BCUT2D eigenvalue weighted by Gasteiger charge is 2.24. The van der Waals surface area contributed by atoms with Crippen LogP contribution in [0.4, 0.5) is 0 Å². The molecule has 2 rings (SSSR count). The van der Waals surface area contributed by atoms with Gasteiger partial charge in [-0.2, -0.15) is 4.31 Å². The molecule has 0 fully saturated rings. The normalized spacial score (nSPS) is 12.9. The molecule has 0 aliphatic heterocycles. The number of benzene rings is 1. The Labute approximate surface area is 184 Å². The van der Waals surface area contributed by atoms with E-state index in [2.05, 4.69) is 30.1 Å². The Morgan fingerprint density at radius 3 is 2.57 bits per heavy atom. The Bertz CT molecular complexity index is 962. The minimum atomic E-state index is -3.55. The molecule has 9 heteroatoms. The first kappa shape index (κ1) is 24.6. The SMILES string of the molecule is CCN(CC)S(=O)(=O)c1cccc(-c2nnc(SCC=C(C)C)n2C(C)COC)c1. The van der Waals surface area contributed by atoms with Gasteiger partial charge in [-0.25, -0.2) is 8.42 Å². The summed E-state index contributed by atoms with van der Waals surface area (Å²) in [7, 11) is -1.89. The van der Waals surface area contributed by atoms with E-state index in [4.69, 9.17) is 4.74 Å². The third kappa shape index (κ3) is 5.72. The first-order valence-corrected chi connectivity index (χ1v) is 12.5. The second-order valence-electron chi connectivity index (χ2n) is 7.19. The van der Waals surface area contributed by atoms with Gasteiger partial charge in [-0.3, -0.25) is 4.57 Å². The molecular formula is C21H32N4O3S2. The van der Waals surface area contributed by atoms with Gasteiger partial charge in [0.25, 0.3) is 0 Å². The Morgan fingerprint density at radius 2 is 1.97 bits per heavy atom. The molecule has 2 aromatic rings. The van der Waals surface area contributed by atoms with Crippen LogP contribution in [0.15, 0.2) is 46.0 Å². The molecule has 0 radical (unpaired) electrons. The number of methoxy groups -OCH3 is 1. The highest BCUT2D eigenvalue weighted by molar-refractivity contribution is 7.99. The van der Waals surface area contributed by atoms with Gasteiger partial charge in [0.2, 0.25) is 10.0 Å². The van der Waals surface area contributed by atoms with Gasteiger partial charge in [-0.1, -0.05) is 49.4 Å². The zero-order chi connectivity index (χ0) is 22.3. The first-order valence-electron chi connectivity index (χ1n) is 10.1. The van der Waals surface area contributed by atoms with Crippen LogP contribution in [-0.4, -0.2) is 60.0 Å². The molecule has 1 heterocycles. The number of ether oxygens (including phenoxy) is 1. The monoisotopic (exact) mass is 452 g/mol. The molecule has 0 aliphatic rings. The van der Waals surface area contributed by atoms with E-state index in [-0.39, 0.29) is 10.9 Å². The third-order valence-electron chi connectivity index (χ3n) is 4.65. The van der Waals surface area contributed by atoms with Gasteiger partial charge in [0, 0.05) is 31.5 Å². The smallest absolute Gasteiger partial charge is 0.243 e. The molecule has 1 aromatic heterocycles. The quantitative estimate of drug-likeness (QED) is 0.375. The van der Waals surface area contributed by atoms with Crippen LogP contribution < -0.4 is 0 Å². The second kappa shape index (κ2) is 11.1. The van der Waals surface area contributed by atoms with Crippen molar-refractivity contribution in [3.05, 3.63) is 35.9 Å². The lowest BCUT2D eigenvalue weighted by Gasteiger charge is -2.19. The molecule has 0 saturated heterocycles. The van der Waals surface area contributed by atoms with E-state index >= 15 is 0 Å². The standard InChI is InChI=1S/C21H32N4O3S2/c1-7-24(8-2)30(26,27)19-11-9-10-18(14-19)20-22-23-21(29-13-12-16(3)4)25(20)17(5)15-28-6/h9-12,14,17H,7-8,13,15H2,1-6H3. The summed E-state index contributed by atoms with van der Waals surface area (Å²) in [5.74, 6) is 1.42. The van der Waals surface area contributed by atoms with Crippen molar-refractivity contribution in [3.8, 4) is 11.4 Å². The van der Waals surface area contributed by atoms with Crippen LogP contribution in [0.2, 0.25) is 0 Å². The van der Waals surface area contributed by atoms with Crippen molar-refractivity contribution in [3.63, 3.8) is 0 Å². The fourth-order valence-electron chi connectivity index (χ4n) is 3.08. The summed E-state index contributed by atoms with van der Waals surface area (Å²) in [4.78, 5) is 0.261. The van der Waals surface area contributed by atoms with Crippen molar-refractivity contribution < 1.29 is 13.2 Å². The van der Waals surface area contributed by atoms with Gasteiger partial charge in [0.05, 0.1) is 17.5 Å². The predicted molar refractivity (Wildman–Crippen MR) is 122 cm³/mol. The maximum atomic E-state index is 13.0. The van der Waals surface area contributed by atoms with Gasteiger partial charge >= 0.3 is 0 Å². The Balaban J connectivity index is 2.50. The number of hydrogen-bond acceptors (Lipinski definition) is 6. The van der Waals surface area contributed by atoms with Crippen LogP contribution >= 0.6 is 11.8 Å². The highest BCUT2D eigenvalue weighted by atomic mass is 32.2. The van der Waals surface area contributed by atoms with Crippen LogP contribution in [0.1, 0.15) is 40.7 Å². The summed E-state index contributed by atoms with van der Waals surface area (Å²) in [6.07, 6.45) is 2.14. The fraction of sp³-hybridized carbons (Fsp3) is 0.524. The predicted octanol–water partition coefficient (Wildman–Crippen LogP) is 4.24. The van der Waals surface area contributed by atoms with E-state index < -0.39 is 10.0 Å². The maximum absolute atomic E-state index is 13.0. The Hall–Kier alpha value is -1.68. The van der Waals surface area contributed by atoms with Crippen molar-refractivity contribution in [2.75, 3.05) is 32.6 Å². The lowest BCUT2D eigenvalue weighted by atomic mass is 10.2. The molecule has 1 unspecified atom stereocenters. The van der Waals surface area contributed by atoms with E-state index in [1.165, 1.54) is 9.88 Å². The average molecular weight is 453 g/mol. The van der Waals surface area contributed by atoms with Crippen molar-refractivity contribution in [2.24, 2.45) is 0 Å². The topological polar surface area (TPSA) is 77.3 Å². The maximum Gasteiger partial charge on any atom is 0.243 e. The van der Waals surface area contributed by atoms with Crippen LogP contribution in [-0.2, 0) is 14.8 Å². The molecule has 166 valence electrons. The molecule has 30 heavy (non-hydrogen) atoms. The van der Waals surface area contributed by atoms with Crippen molar-refractivity contribution >= 4 is 21.8 Å². The zero-order valence-corrected chi connectivity index (χ0v) is 20.3. The molecule has 0 amide bonds. The third-order valence-corrected chi connectivity index (χ3v) is 7.57. The number of aromatic nitrogens is 3. The van der Waals surface area contributed by atoms with E-state index in [9.17, 15) is 8.42 Å². The first-order chi connectivity index (χ1) is 14.3. The molecule has 7 nitrogen and oxygen atoms in total. The summed E-state index contributed by atoms with van der Waals surface area (Å²) in [5.41, 5.74) is 1.96. The lowest BCUT2D eigenvalue weighted by molar-refractivity contribution is 0.159. The number of allylic oxidation sites excluding steroid dienone is 1. The lowest BCUT2D eigenvalue weighted by Crippen LogP contribution is -2.30. The van der Waals surface area contributed by atoms with Gasteiger partial charge < -0.3 is 4.74 Å². The Kier molecular flexibility index (Phi) is 9.09. The average Bonchev–Trinajstić information content (AvgIpc) is 3.13. The van der Waals surface area contributed by atoms with Crippen LogP contribution in [0.3, 0.4) is 0 Å². The van der Waals surface area contributed by atoms with Gasteiger partial charge in [-0.05, 0) is 32.9 Å². The molecule has 0 saturated carbocycles. The number of hydrogen-bond donors (Lipinski definition) is 0. The van der Waals surface area contributed by atoms with Crippen molar-refractivity contribution in [2.45, 2.75) is 50.7 Å². The van der Waals surface area contributed by atoms with E-state index in [0.29, 0.717) is 31.1 Å². The number of rotatable bonds is 11. The summed E-state index contributed by atoms with van der Waals surface area (Å²) < 4.78 is 34.8. The molecule has 0 N–H and O–H groups in total. The van der Waals surface area contributed by atoms with Crippen LogP contribution in [0.5, 0.6) is 0 Å². The van der Waals surface area contributed by atoms with Crippen LogP contribution in [0.25, 0.3) is 11.4 Å². The summed E-state index contributed by atoms with van der Waals surface area (Å²) in [6.45, 7) is 11.2. The van der Waals surface area contributed by atoms with Crippen molar-refractivity contribution in [1.29, 1.82) is 0 Å². The summed E-state index contributed by atoms with van der Waals surface area (Å²) >= 11 is 1.60. The number of thioether (sulfide) groups is 1. The fourth-order valence-corrected chi connectivity index (χ4v) is 5.65. The summed E-state index contributed by atoms with van der Waals surface area (Å²) in [5, 5.41) is 9.57. The number of nitrogens with zero attached hydrogens (tertiary/aromatic N) is 4. The Morgan fingerprint density at radius 1 is 1.27 bits per heavy atom. The highest BCUT2D eigenvalue weighted by Crippen LogP contribution is 2.30. The van der Waals surface area contributed by atoms with E-state index in [1.807, 2.05) is 31.4 Å². The zero-order valence-electron chi connectivity index (χ0n) is 18.6. The molecule has 0 spiro atoms. The number of sulfonamides is 1. The molecule has 0 aliphatic carbocycles. The minimum Gasteiger partial charge on any atom is -0.383 e.